The van der Waals surface area contributed by atoms with Gasteiger partial charge in [0.1, 0.15) is 0 Å². The summed E-state index contributed by atoms with van der Waals surface area (Å²) in [7, 11) is 1.99. The van der Waals surface area contributed by atoms with Gasteiger partial charge in [-0.3, -0.25) is 0 Å². The first kappa shape index (κ1) is 9.26. The number of nitrogens with one attached hydrogen (secondary N) is 1. The molecule has 0 fully saturated rings. The van der Waals surface area contributed by atoms with Crippen molar-refractivity contribution < 1.29 is 0 Å². The largest absolute Gasteiger partial charge is 0.340 e. The van der Waals surface area contributed by atoms with E-state index >= 15 is 0 Å². The van der Waals surface area contributed by atoms with E-state index in [1.807, 2.05) is 24.1 Å². The molecule has 3 nitrogen and oxygen atoms in total. The van der Waals surface area contributed by atoms with E-state index in [1.54, 1.807) is 0 Å². The molecule has 0 amide bonds. The van der Waals surface area contributed by atoms with Crippen LogP contribution in [0.4, 0.5) is 0 Å². The van der Waals surface area contributed by atoms with Crippen molar-refractivity contribution in [2.75, 3.05) is 0 Å². The molecule has 0 spiro atoms. The Morgan fingerprint density at radius 3 is 2.92 bits per heavy atom. The normalized spacial score (nSPS) is 13.2. The lowest BCUT2D eigenvalue weighted by molar-refractivity contribution is 0.530. The lowest BCUT2D eigenvalue weighted by atomic mass is 10.2. The maximum atomic E-state index is 4.22. The Labute approximate surface area is 73.8 Å². The Bertz CT molecular complexity index is 229. The summed E-state index contributed by atoms with van der Waals surface area (Å²) in [6.07, 6.45) is 5.02. The topological polar surface area (TPSA) is 29.9 Å². The minimum absolute atomic E-state index is 0.576. The maximum Gasteiger partial charge on any atom is 0.0947 e. The minimum Gasteiger partial charge on any atom is -0.340 e. The van der Waals surface area contributed by atoms with Crippen LogP contribution in [0.5, 0.6) is 0 Å². The number of aryl methyl sites for hydroxylation is 1. The lowest BCUT2D eigenvalue weighted by Gasteiger charge is -2.08. The van der Waals surface area contributed by atoms with E-state index in [4.69, 9.17) is 0 Å². The predicted molar refractivity (Wildman–Crippen MR) is 49.8 cm³/mol. The maximum absolute atomic E-state index is 4.22. The number of hydrogen-bond acceptors (Lipinski definition) is 2. The van der Waals surface area contributed by atoms with Crippen molar-refractivity contribution in [3.63, 3.8) is 0 Å². The molecule has 1 aromatic rings. The molecule has 0 aliphatic rings. The molecule has 1 rings (SSSR count). The van der Waals surface area contributed by atoms with Gasteiger partial charge in [-0.1, -0.05) is 6.92 Å². The van der Waals surface area contributed by atoms with Gasteiger partial charge in [-0.05, 0) is 13.3 Å². The smallest absolute Gasteiger partial charge is 0.0947 e. The van der Waals surface area contributed by atoms with E-state index in [0.29, 0.717) is 6.04 Å². The molecule has 0 aromatic carbocycles. The highest BCUT2D eigenvalue weighted by molar-refractivity contribution is 4.95. The van der Waals surface area contributed by atoms with Crippen LogP contribution >= 0.6 is 0 Å². The second-order valence-electron chi connectivity index (χ2n) is 3.22. The highest BCUT2D eigenvalue weighted by Crippen LogP contribution is 1.95. The van der Waals surface area contributed by atoms with Crippen LogP contribution in [0.25, 0.3) is 0 Å². The monoisotopic (exact) mass is 167 g/mol. The molecule has 68 valence electrons. The second-order valence-corrected chi connectivity index (χ2v) is 3.22. The molecule has 3 heteroatoms. The zero-order chi connectivity index (χ0) is 8.97. The summed E-state index contributed by atoms with van der Waals surface area (Å²) >= 11 is 0. The highest BCUT2D eigenvalue weighted by atomic mass is 15.0. The zero-order valence-corrected chi connectivity index (χ0v) is 8.04. The van der Waals surface area contributed by atoms with E-state index in [0.717, 1.165) is 18.7 Å². The summed E-state index contributed by atoms with van der Waals surface area (Å²) in [6, 6.07) is 0.576. The van der Waals surface area contributed by atoms with E-state index in [9.17, 15) is 0 Å². The van der Waals surface area contributed by atoms with Crippen molar-refractivity contribution in [1.29, 1.82) is 0 Å². The van der Waals surface area contributed by atoms with Gasteiger partial charge in [0.25, 0.3) is 0 Å². The van der Waals surface area contributed by atoms with E-state index in [2.05, 4.69) is 24.1 Å². The van der Waals surface area contributed by atoms with E-state index in [-0.39, 0.29) is 0 Å². The molecular weight excluding hydrogens is 150 g/mol. The molecule has 0 saturated heterocycles. The van der Waals surface area contributed by atoms with Crippen molar-refractivity contribution >= 4 is 0 Å². The van der Waals surface area contributed by atoms with Gasteiger partial charge in [-0.15, -0.1) is 0 Å². The summed E-state index contributed by atoms with van der Waals surface area (Å²) < 4.78 is 1.97. The van der Waals surface area contributed by atoms with Gasteiger partial charge in [0.15, 0.2) is 0 Å². The van der Waals surface area contributed by atoms with E-state index in [1.165, 1.54) is 0 Å². The van der Waals surface area contributed by atoms with Crippen LogP contribution in [0.1, 0.15) is 26.0 Å². The van der Waals surface area contributed by atoms with Gasteiger partial charge in [-0.25, -0.2) is 4.98 Å². The first-order chi connectivity index (χ1) is 5.72. The molecule has 0 saturated carbocycles. The molecular formula is C9H17N3. The fourth-order valence-electron chi connectivity index (χ4n) is 0.981. The molecule has 12 heavy (non-hydrogen) atoms. The van der Waals surface area contributed by atoms with Gasteiger partial charge < -0.3 is 9.88 Å². The van der Waals surface area contributed by atoms with Crippen LogP contribution in [0.2, 0.25) is 0 Å². The summed E-state index contributed by atoms with van der Waals surface area (Å²) in [5.41, 5.74) is 1.11. The van der Waals surface area contributed by atoms with Crippen LogP contribution in [0.3, 0.4) is 0 Å². The van der Waals surface area contributed by atoms with Crippen LogP contribution in [0, 0.1) is 0 Å². The molecule has 1 unspecified atom stereocenters. The first-order valence-electron chi connectivity index (χ1n) is 4.42. The number of imidazole rings is 1. The fourth-order valence-corrected chi connectivity index (χ4v) is 0.981. The average Bonchev–Trinajstić information content (AvgIpc) is 2.47. The molecule has 0 radical (unpaired) electrons. The molecule has 1 N–H and O–H groups in total. The van der Waals surface area contributed by atoms with Crippen molar-refractivity contribution in [2.24, 2.45) is 7.05 Å². The van der Waals surface area contributed by atoms with Gasteiger partial charge >= 0.3 is 0 Å². The molecule has 1 atom stereocenters. The molecule has 1 heterocycles. The Morgan fingerprint density at radius 1 is 1.67 bits per heavy atom. The summed E-state index contributed by atoms with van der Waals surface area (Å²) in [5.74, 6) is 0. The number of nitrogens with zero attached hydrogens (tertiary/aromatic N) is 2. The minimum atomic E-state index is 0.576. The van der Waals surface area contributed by atoms with Crippen LogP contribution in [0.15, 0.2) is 12.5 Å². The molecule has 0 bridgehead atoms. The molecule has 1 aromatic heterocycles. The van der Waals surface area contributed by atoms with E-state index < -0.39 is 0 Å². The third-order valence-electron chi connectivity index (χ3n) is 2.00. The van der Waals surface area contributed by atoms with Crippen molar-refractivity contribution in [3.8, 4) is 0 Å². The lowest BCUT2D eigenvalue weighted by Crippen LogP contribution is -2.24. The second kappa shape index (κ2) is 4.26. The van der Waals surface area contributed by atoms with Gasteiger partial charge in [0.05, 0.1) is 12.0 Å². The number of hydrogen-bond donors (Lipinski definition) is 1. The third kappa shape index (κ3) is 2.66. The van der Waals surface area contributed by atoms with Gasteiger partial charge in [0, 0.05) is 25.8 Å². The molecule has 0 aliphatic carbocycles. The van der Waals surface area contributed by atoms with Crippen molar-refractivity contribution in [2.45, 2.75) is 32.9 Å². The Morgan fingerprint density at radius 2 is 2.42 bits per heavy atom. The van der Waals surface area contributed by atoms with Crippen molar-refractivity contribution in [1.82, 2.24) is 14.9 Å². The first-order valence-corrected chi connectivity index (χ1v) is 4.42. The standard InChI is InChI=1S/C9H17N3/c1-4-8(2)10-5-9-6-12(3)7-11-9/h6-8,10H,4-5H2,1-3H3. The number of rotatable bonds is 4. The average molecular weight is 167 g/mol. The summed E-state index contributed by atoms with van der Waals surface area (Å²) in [4.78, 5) is 4.22. The predicted octanol–water partition coefficient (Wildman–Crippen LogP) is 1.31. The van der Waals surface area contributed by atoms with Crippen LogP contribution in [-0.4, -0.2) is 15.6 Å². The van der Waals surface area contributed by atoms with Crippen LogP contribution in [-0.2, 0) is 13.6 Å². The Balaban J connectivity index is 2.33. The third-order valence-corrected chi connectivity index (χ3v) is 2.00. The molecule has 0 aliphatic heterocycles. The Hall–Kier alpha value is -0.830. The fraction of sp³-hybridized carbons (Fsp3) is 0.667. The van der Waals surface area contributed by atoms with Crippen LogP contribution < -0.4 is 5.32 Å². The SMILES string of the molecule is CCC(C)NCc1cn(C)cn1. The summed E-state index contributed by atoms with van der Waals surface area (Å²) in [5, 5.41) is 3.39. The zero-order valence-electron chi connectivity index (χ0n) is 8.04. The van der Waals surface area contributed by atoms with Crippen molar-refractivity contribution in [3.05, 3.63) is 18.2 Å². The van der Waals surface area contributed by atoms with Gasteiger partial charge in [-0.2, -0.15) is 0 Å². The Kier molecular flexibility index (Phi) is 3.29. The highest BCUT2D eigenvalue weighted by Gasteiger charge is 1.99. The summed E-state index contributed by atoms with van der Waals surface area (Å²) in [6.45, 7) is 5.23. The number of aromatic nitrogens is 2. The van der Waals surface area contributed by atoms with Gasteiger partial charge in [0.2, 0.25) is 0 Å². The quantitative estimate of drug-likeness (QED) is 0.732.